The summed E-state index contributed by atoms with van der Waals surface area (Å²) in [5, 5.41) is 2.42. The number of urea groups is 1. The van der Waals surface area contributed by atoms with Crippen LogP contribution < -0.4 is 15.8 Å². The monoisotopic (exact) mass is 283 g/mol. The van der Waals surface area contributed by atoms with Crippen molar-refractivity contribution in [3.05, 3.63) is 52.4 Å². The molecule has 0 spiro atoms. The maximum Gasteiger partial charge on any atom is 0.329 e. The lowest BCUT2D eigenvalue weighted by Gasteiger charge is -2.16. The lowest BCUT2D eigenvalue weighted by molar-refractivity contribution is -0.115. The first kappa shape index (κ1) is 13.1. The Bertz CT molecular complexity index is 764. The molecule has 106 valence electrons. The van der Waals surface area contributed by atoms with Gasteiger partial charge in [0.25, 0.3) is 11.5 Å². The Kier molecular flexibility index (Phi) is 3.06. The number of imide groups is 1. The maximum atomic E-state index is 12.3. The van der Waals surface area contributed by atoms with Crippen molar-refractivity contribution >= 4 is 17.6 Å². The minimum atomic E-state index is -0.577. The second-order valence-electron chi connectivity index (χ2n) is 4.80. The molecule has 0 unspecified atom stereocenters. The summed E-state index contributed by atoms with van der Waals surface area (Å²) >= 11 is 0. The number of pyridine rings is 1. The van der Waals surface area contributed by atoms with E-state index in [1.165, 1.54) is 0 Å². The van der Waals surface area contributed by atoms with Gasteiger partial charge in [-0.2, -0.15) is 0 Å². The zero-order chi connectivity index (χ0) is 15.0. The fraction of sp³-hybridized carbons (Fsp3) is 0.133. The van der Waals surface area contributed by atoms with Gasteiger partial charge in [-0.15, -0.1) is 0 Å². The fourth-order valence-corrected chi connectivity index (χ4v) is 2.39. The van der Waals surface area contributed by atoms with Crippen LogP contribution in [0.25, 0.3) is 11.1 Å². The van der Waals surface area contributed by atoms with E-state index in [9.17, 15) is 14.4 Å². The summed E-state index contributed by atoms with van der Waals surface area (Å²) in [7, 11) is 0. The highest BCUT2D eigenvalue weighted by atomic mass is 16.2. The lowest BCUT2D eigenvalue weighted by atomic mass is 10.0. The molecule has 6 nitrogen and oxygen atoms in total. The number of carbonyl (C=O) groups is 2. The van der Waals surface area contributed by atoms with Gasteiger partial charge in [-0.05, 0) is 18.6 Å². The van der Waals surface area contributed by atoms with E-state index in [2.05, 4.69) is 10.3 Å². The summed E-state index contributed by atoms with van der Waals surface area (Å²) in [6, 6.07) is 10.4. The first-order valence-electron chi connectivity index (χ1n) is 6.48. The van der Waals surface area contributed by atoms with E-state index < -0.39 is 17.5 Å². The average molecular weight is 283 g/mol. The highest BCUT2D eigenvalue weighted by molar-refractivity contribution is 6.21. The summed E-state index contributed by atoms with van der Waals surface area (Å²) in [5.74, 6) is -0.438. The van der Waals surface area contributed by atoms with E-state index in [4.69, 9.17) is 0 Å². The SMILES string of the molecule is Cc1cc(-c2ccccc2)c(N2C(=O)CNC2=O)c(=O)[nH]1. The molecule has 1 aliphatic heterocycles. The second-order valence-corrected chi connectivity index (χ2v) is 4.80. The quantitative estimate of drug-likeness (QED) is 0.817. The number of benzene rings is 1. The van der Waals surface area contributed by atoms with Crippen LogP contribution in [0.2, 0.25) is 0 Å². The molecule has 3 rings (SSSR count). The third kappa shape index (κ3) is 2.20. The molecule has 1 saturated heterocycles. The normalized spacial score (nSPS) is 14.4. The van der Waals surface area contributed by atoms with Crippen molar-refractivity contribution in [3.63, 3.8) is 0 Å². The van der Waals surface area contributed by atoms with Gasteiger partial charge < -0.3 is 10.3 Å². The summed E-state index contributed by atoms with van der Waals surface area (Å²) < 4.78 is 0. The fourth-order valence-electron chi connectivity index (χ4n) is 2.39. The number of H-pyrrole nitrogens is 1. The molecule has 0 bridgehead atoms. The molecule has 0 atom stereocenters. The molecule has 1 aromatic heterocycles. The van der Waals surface area contributed by atoms with Crippen LogP contribution in [-0.4, -0.2) is 23.5 Å². The van der Waals surface area contributed by atoms with Crippen molar-refractivity contribution in [2.45, 2.75) is 6.92 Å². The van der Waals surface area contributed by atoms with Gasteiger partial charge in [-0.1, -0.05) is 30.3 Å². The van der Waals surface area contributed by atoms with E-state index in [1.54, 1.807) is 13.0 Å². The molecule has 3 amide bonds. The van der Waals surface area contributed by atoms with Gasteiger partial charge in [0.15, 0.2) is 0 Å². The Morgan fingerprint density at radius 1 is 1.10 bits per heavy atom. The Labute approximate surface area is 120 Å². The number of amides is 3. The molecule has 2 heterocycles. The van der Waals surface area contributed by atoms with Gasteiger partial charge >= 0.3 is 6.03 Å². The van der Waals surface area contributed by atoms with Crippen LogP contribution >= 0.6 is 0 Å². The molecule has 1 fully saturated rings. The maximum absolute atomic E-state index is 12.3. The van der Waals surface area contributed by atoms with Gasteiger partial charge in [0.1, 0.15) is 5.69 Å². The van der Waals surface area contributed by atoms with Crippen LogP contribution in [0, 0.1) is 6.92 Å². The number of aromatic nitrogens is 1. The van der Waals surface area contributed by atoms with Crippen molar-refractivity contribution in [1.29, 1.82) is 0 Å². The van der Waals surface area contributed by atoms with Gasteiger partial charge in [-0.3, -0.25) is 9.59 Å². The van der Waals surface area contributed by atoms with E-state index >= 15 is 0 Å². The second kappa shape index (κ2) is 4.90. The van der Waals surface area contributed by atoms with Crippen LogP contribution in [0.3, 0.4) is 0 Å². The molecule has 0 saturated carbocycles. The van der Waals surface area contributed by atoms with Crippen molar-refractivity contribution in [1.82, 2.24) is 10.3 Å². The molecule has 1 aromatic carbocycles. The van der Waals surface area contributed by atoms with E-state index in [1.807, 2.05) is 30.3 Å². The Morgan fingerprint density at radius 2 is 1.81 bits per heavy atom. The largest absolute Gasteiger partial charge is 0.329 e. The lowest BCUT2D eigenvalue weighted by Crippen LogP contribution is -2.35. The number of hydrogen-bond donors (Lipinski definition) is 2. The minimum absolute atomic E-state index is 0.0619. The molecule has 0 radical (unpaired) electrons. The summed E-state index contributed by atoms with van der Waals surface area (Å²) in [4.78, 5) is 39.6. The van der Waals surface area contributed by atoms with Gasteiger partial charge in [-0.25, -0.2) is 9.69 Å². The molecule has 2 N–H and O–H groups in total. The molecule has 6 heteroatoms. The Hall–Kier alpha value is -2.89. The van der Waals surface area contributed by atoms with Crippen molar-refractivity contribution in [3.8, 4) is 11.1 Å². The molecule has 0 aliphatic carbocycles. The number of aromatic amines is 1. The summed E-state index contributed by atoms with van der Waals surface area (Å²) in [6.07, 6.45) is 0. The third-order valence-corrected chi connectivity index (χ3v) is 3.29. The first-order valence-corrected chi connectivity index (χ1v) is 6.48. The van der Waals surface area contributed by atoms with Crippen molar-refractivity contribution in [2.24, 2.45) is 0 Å². The molecule has 2 aromatic rings. The van der Waals surface area contributed by atoms with Crippen LogP contribution in [0.15, 0.2) is 41.2 Å². The molecular formula is C15H13N3O3. The molecule has 21 heavy (non-hydrogen) atoms. The highest BCUT2D eigenvalue weighted by Crippen LogP contribution is 2.29. The van der Waals surface area contributed by atoms with Crippen LogP contribution in [0.5, 0.6) is 0 Å². The number of anilines is 1. The van der Waals surface area contributed by atoms with Crippen molar-refractivity contribution in [2.75, 3.05) is 11.4 Å². The van der Waals surface area contributed by atoms with E-state index in [0.717, 1.165) is 10.5 Å². The number of aryl methyl sites for hydroxylation is 1. The number of carbonyl (C=O) groups excluding carboxylic acids is 2. The van der Waals surface area contributed by atoms with Crippen molar-refractivity contribution < 1.29 is 9.59 Å². The van der Waals surface area contributed by atoms with E-state index in [0.29, 0.717) is 11.3 Å². The van der Waals surface area contributed by atoms with E-state index in [-0.39, 0.29) is 12.2 Å². The smallest absolute Gasteiger partial charge is 0.328 e. The average Bonchev–Trinajstić information content (AvgIpc) is 2.79. The predicted octanol–water partition coefficient (Wildman–Crippen LogP) is 1.41. The summed E-state index contributed by atoms with van der Waals surface area (Å²) in [5.41, 5.74) is 1.59. The minimum Gasteiger partial charge on any atom is -0.328 e. The molecular weight excluding hydrogens is 270 g/mol. The Morgan fingerprint density at radius 3 is 2.43 bits per heavy atom. The Balaban J connectivity index is 2.27. The topological polar surface area (TPSA) is 82.3 Å². The zero-order valence-corrected chi connectivity index (χ0v) is 11.3. The molecule has 1 aliphatic rings. The number of rotatable bonds is 2. The van der Waals surface area contributed by atoms with Crippen LogP contribution in [0.1, 0.15) is 5.69 Å². The first-order chi connectivity index (χ1) is 10.1. The highest BCUT2D eigenvalue weighted by Gasteiger charge is 2.34. The number of nitrogens with one attached hydrogen (secondary N) is 2. The van der Waals surface area contributed by atoms with Gasteiger partial charge in [0, 0.05) is 11.3 Å². The summed E-state index contributed by atoms with van der Waals surface area (Å²) in [6.45, 7) is 1.66. The predicted molar refractivity (Wildman–Crippen MR) is 78.1 cm³/mol. The zero-order valence-electron chi connectivity index (χ0n) is 11.3. The van der Waals surface area contributed by atoms with Gasteiger partial charge in [0.2, 0.25) is 0 Å². The number of nitrogens with zero attached hydrogens (tertiary/aromatic N) is 1. The standard InChI is InChI=1S/C15H13N3O3/c1-9-7-11(10-5-3-2-4-6-10)13(14(20)17-9)18-12(19)8-16-15(18)21/h2-7H,8H2,1H3,(H,16,21)(H,17,20). The van der Waals surface area contributed by atoms with Crippen LogP contribution in [0.4, 0.5) is 10.5 Å². The number of hydrogen-bond acceptors (Lipinski definition) is 3. The van der Waals surface area contributed by atoms with Crippen LogP contribution in [-0.2, 0) is 4.79 Å². The van der Waals surface area contributed by atoms with Gasteiger partial charge in [0.05, 0.1) is 6.54 Å². The third-order valence-electron chi connectivity index (χ3n) is 3.29.